The zero-order chi connectivity index (χ0) is 21.7. The summed E-state index contributed by atoms with van der Waals surface area (Å²) < 4.78 is 71.5. The number of fused-ring (bicyclic) bond motifs is 1. The number of aromatic amines is 1. The molecule has 30 heavy (non-hydrogen) atoms. The molecule has 0 aliphatic carbocycles. The number of ether oxygens (including phenoxy) is 1. The van der Waals surface area contributed by atoms with Crippen LogP contribution in [0.25, 0.3) is 22.5 Å². The van der Waals surface area contributed by atoms with Crippen LogP contribution in [0, 0.1) is 0 Å². The Balaban J connectivity index is 2.05. The molecule has 1 atom stereocenters. The van der Waals surface area contributed by atoms with Gasteiger partial charge in [0.05, 0.1) is 17.1 Å². The molecule has 3 aromatic rings. The maximum absolute atomic E-state index is 13.7. The molecular weight excluding hydrogens is 423 g/mol. The first-order chi connectivity index (χ1) is 14.1. The van der Waals surface area contributed by atoms with E-state index in [0.29, 0.717) is 24.5 Å². The van der Waals surface area contributed by atoms with Crippen LogP contribution in [0.15, 0.2) is 35.2 Å². The summed E-state index contributed by atoms with van der Waals surface area (Å²) in [6.45, 7) is 0.729. The quantitative estimate of drug-likeness (QED) is 0.640. The maximum Gasteiger partial charge on any atom is 0.417 e. The SMILES string of the molecule is CS(=O)(=O)c1c(C(F)(F)F)ccc(-c2ccc3c(c2)C(CN)CO3)c1-c1nnn[nH]1. The van der Waals surface area contributed by atoms with Gasteiger partial charge in [-0.2, -0.15) is 13.2 Å². The van der Waals surface area contributed by atoms with Gasteiger partial charge in [-0.05, 0) is 39.8 Å². The summed E-state index contributed by atoms with van der Waals surface area (Å²) in [6.07, 6.45) is -4.18. The minimum absolute atomic E-state index is 0.0702. The van der Waals surface area contributed by atoms with Crippen molar-refractivity contribution in [2.24, 2.45) is 5.73 Å². The number of hydrogen-bond acceptors (Lipinski definition) is 7. The van der Waals surface area contributed by atoms with Gasteiger partial charge in [0, 0.05) is 29.8 Å². The van der Waals surface area contributed by atoms with Crippen LogP contribution in [0.1, 0.15) is 17.0 Å². The number of aromatic nitrogens is 4. The largest absolute Gasteiger partial charge is 0.493 e. The Morgan fingerprint density at radius 3 is 2.63 bits per heavy atom. The van der Waals surface area contributed by atoms with E-state index < -0.39 is 26.5 Å². The van der Waals surface area contributed by atoms with Gasteiger partial charge in [0.15, 0.2) is 15.7 Å². The Kier molecular flexibility index (Phi) is 4.77. The summed E-state index contributed by atoms with van der Waals surface area (Å²) in [7, 11) is -4.31. The summed E-state index contributed by atoms with van der Waals surface area (Å²) in [5, 5.41) is 12.9. The zero-order valence-corrected chi connectivity index (χ0v) is 16.4. The number of nitrogens with zero attached hydrogens (tertiary/aromatic N) is 3. The summed E-state index contributed by atoms with van der Waals surface area (Å²) in [4.78, 5) is -0.891. The van der Waals surface area contributed by atoms with Crippen molar-refractivity contribution in [3.8, 4) is 28.3 Å². The number of halogens is 3. The van der Waals surface area contributed by atoms with Gasteiger partial charge < -0.3 is 10.5 Å². The molecule has 1 aromatic heterocycles. The smallest absolute Gasteiger partial charge is 0.417 e. The second-order valence-electron chi connectivity index (χ2n) is 6.88. The van der Waals surface area contributed by atoms with Crippen molar-refractivity contribution in [1.82, 2.24) is 20.6 Å². The number of H-pyrrole nitrogens is 1. The van der Waals surface area contributed by atoms with Crippen LogP contribution in [-0.2, 0) is 16.0 Å². The molecule has 4 rings (SSSR count). The molecule has 12 heteroatoms. The average molecular weight is 439 g/mol. The highest BCUT2D eigenvalue weighted by atomic mass is 32.2. The van der Waals surface area contributed by atoms with Crippen LogP contribution in [0.3, 0.4) is 0 Å². The predicted octanol–water partition coefficient (Wildman–Crippen LogP) is 2.39. The lowest BCUT2D eigenvalue weighted by molar-refractivity contribution is -0.139. The second-order valence-corrected chi connectivity index (χ2v) is 8.83. The van der Waals surface area contributed by atoms with Gasteiger partial charge in [-0.25, -0.2) is 13.5 Å². The molecular formula is C18H16F3N5O3S. The molecule has 0 fully saturated rings. The fourth-order valence-electron chi connectivity index (χ4n) is 3.57. The Hall–Kier alpha value is -2.99. The van der Waals surface area contributed by atoms with E-state index in [1.165, 1.54) is 6.07 Å². The normalized spacial score (nSPS) is 16.4. The van der Waals surface area contributed by atoms with Crippen molar-refractivity contribution in [3.05, 3.63) is 41.5 Å². The second kappa shape index (κ2) is 7.06. The Bertz CT molecular complexity index is 1210. The van der Waals surface area contributed by atoms with Crippen LogP contribution < -0.4 is 10.5 Å². The van der Waals surface area contributed by atoms with Gasteiger partial charge in [0.2, 0.25) is 0 Å². The van der Waals surface area contributed by atoms with E-state index in [-0.39, 0.29) is 22.9 Å². The number of nitrogens with two attached hydrogens (primary N) is 1. The van der Waals surface area contributed by atoms with Crippen molar-refractivity contribution >= 4 is 9.84 Å². The van der Waals surface area contributed by atoms with E-state index in [2.05, 4.69) is 20.6 Å². The van der Waals surface area contributed by atoms with E-state index in [1.54, 1.807) is 18.2 Å². The number of hydrogen-bond donors (Lipinski definition) is 2. The molecule has 0 spiro atoms. The number of nitrogens with one attached hydrogen (secondary N) is 1. The molecule has 3 N–H and O–H groups in total. The molecule has 158 valence electrons. The third-order valence-corrected chi connectivity index (χ3v) is 6.07. The molecule has 2 aromatic carbocycles. The topological polar surface area (TPSA) is 124 Å². The Morgan fingerprint density at radius 2 is 2.03 bits per heavy atom. The van der Waals surface area contributed by atoms with E-state index in [4.69, 9.17) is 10.5 Å². The van der Waals surface area contributed by atoms with Crippen molar-refractivity contribution in [2.45, 2.75) is 17.0 Å². The lowest BCUT2D eigenvalue weighted by Gasteiger charge is -2.18. The highest BCUT2D eigenvalue weighted by molar-refractivity contribution is 7.91. The molecule has 0 bridgehead atoms. The van der Waals surface area contributed by atoms with Gasteiger partial charge in [0.1, 0.15) is 5.75 Å². The number of benzene rings is 2. The minimum Gasteiger partial charge on any atom is -0.493 e. The standard InChI is InChI=1S/C18H16F3N5O3S/c1-30(27,28)16-13(18(19,20)21)4-3-11(15(16)17-23-25-26-24-17)9-2-5-14-12(6-9)10(7-22)8-29-14/h2-6,10H,7-8,22H2,1H3,(H,23,24,25,26). The summed E-state index contributed by atoms with van der Waals surface area (Å²) in [5.41, 5.74) is 5.76. The van der Waals surface area contributed by atoms with Crippen molar-refractivity contribution in [2.75, 3.05) is 19.4 Å². The van der Waals surface area contributed by atoms with E-state index in [0.717, 1.165) is 17.9 Å². The highest BCUT2D eigenvalue weighted by Crippen LogP contribution is 2.44. The van der Waals surface area contributed by atoms with Gasteiger partial charge in [-0.15, -0.1) is 5.10 Å². The Morgan fingerprint density at radius 1 is 1.27 bits per heavy atom. The number of rotatable bonds is 4. The van der Waals surface area contributed by atoms with E-state index >= 15 is 0 Å². The van der Waals surface area contributed by atoms with Crippen LogP contribution >= 0.6 is 0 Å². The van der Waals surface area contributed by atoms with Gasteiger partial charge in [-0.3, -0.25) is 0 Å². The highest BCUT2D eigenvalue weighted by Gasteiger charge is 2.39. The van der Waals surface area contributed by atoms with Crippen molar-refractivity contribution in [1.29, 1.82) is 0 Å². The third kappa shape index (κ3) is 3.41. The van der Waals surface area contributed by atoms with Crippen LogP contribution in [0.2, 0.25) is 0 Å². The minimum atomic E-state index is -4.89. The van der Waals surface area contributed by atoms with Gasteiger partial charge >= 0.3 is 6.18 Å². The number of tetrazole rings is 1. The fourth-order valence-corrected chi connectivity index (χ4v) is 4.73. The fraction of sp³-hybridized carbons (Fsp3) is 0.278. The van der Waals surface area contributed by atoms with Crippen LogP contribution in [0.5, 0.6) is 5.75 Å². The molecule has 0 saturated carbocycles. The van der Waals surface area contributed by atoms with Crippen LogP contribution in [-0.4, -0.2) is 48.4 Å². The summed E-state index contributed by atoms with van der Waals surface area (Å²) >= 11 is 0. The van der Waals surface area contributed by atoms with Crippen molar-refractivity contribution in [3.63, 3.8) is 0 Å². The van der Waals surface area contributed by atoms with Gasteiger partial charge in [0.25, 0.3) is 0 Å². The lowest BCUT2D eigenvalue weighted by atomic mass is 9.92. The predicted molar refractivity (Wildman–Crippen MR) is 100 cm³/mol. The first kappa shape index (κ1) is 20.3. The Labute approximate surface area is 169 Å². The summed E-state index contributed by atoms with van der Waals surface area (Å²) in [5.74, 6) is 0.371. The average Bonchev–Trinajstić information content (AvgIpc) is 3.34. The van der Waals surface area contributed by atoms with E-state index in [9.17, 15) is 21.6 Å². The summed E-state index contributed by atoms with van der Waals surface area (Å²) in [6, 6.07) is 7.02. The molecule has 0 radical (unpaired) electrons. The molecule has 1 aliphatic rings. The van der Waals surface area contributed by atoms with Crippen molar-refractivity contribution < 1.29 is 26.3 Å². The molecule has 2 heterocycles. The molecule has 0 amide bonds. The third-order valence-electron chi connectivity index (χ3n) is 4.90. The lowest BCUT2D eigenvalue weighted by Crippen LogP contribution is -2.15. The van der Waals surface area contributed by atoms with Crippen LogP contribution in [0.4, 0.5) is 13.2 Å². The van der Waals surface area contributed by atoms with E-state index in [1.807, 2.05) is 0 Å². The maximum atomic E-state index is 13.7. The molecule has 8 nitrogen and oxygen atoms in total. The molecule has 1 unspecified atom stereocenters. The monoisotopic (exact) mass is 439 g/mol. The molecule has 1 aliphatic heterocycles. The first-order valence-electron chi connectivity index (χ1n) is 8.76. The number of alkyl halides is 3. The zero-order valence-electron chi connectivity index (χ0n) is 15.6. The van der Waals surface area contributed by atoms with Gasteiger partial charge in [-0.1, -0.05) is 12.1 Å². The number of sulfone groups is 1. The molecule has 0 saturated heterocycles. The first-order valence-corrected chi connectivity index (χ1v) is 10.7.